The van der Waals surface area contributed by atoms with Gasteiger partial charge in [0.25, 0.3) is 0 Å². The molecule has 0 heterocycles. The van der Waals surface area contributed by atoms with Gasteiger partial charge in [0.05, 0.1) is 6.10 Å². The molecule has 1 N–H and O–H groups in total. The molecule has 0 saturated heterocycles. The summed E-state index contributed by atoms with van der Waals surface area (Å²) in [5.41, 5.74) is 1.24. The average Bonchev–Trinajstić information content (AvgIpc) is 2.82. The average molecular weight is 298 g/mol. The van der Waals surface area contributed by atoms with Gasteiger partial charge in [0.1, 0.15) is 5.75 Å². The molecule has 0 amide bonds. The maximum Gasteiger partial charge on any atom is 0.124 e. The zero-order valence-electron chi connectivity index (χ0n) is 10.3. The zero-order chi connectivity index (χ0) is 12.1. The van der Waals surface area contributed by atoms with Crippen LogP contribution < -0.4 is 10.1 Å². The zero-order valence-corrected chi connectivity index (χ0v) is 11.9. The standard InChI is InChI=1S/C14H20BrNO/c1-2-16-10-11-9-12(15)7-8-14(11)17-13-5-3-4-6-13/h7-9,13,16H,2-6,10H2,1H3. The lowest BCUT2D eigenvalue weighted by Gasteiger charge is -2.17. The van der Waals surface area contributed by atoms with Gasteiger partial charge < -0.3 is 10.1 Å². The van der Waals surface area contributed by atoms with Crippen LogP contribution in [0.2, 0.25) is 0 Å². The minimum absolute atomic E-state index is 0.427. The van der Waals surface area contributed by atoms with Crippen molar-refractivity contribution in [1.29, 1.82) is 0 Å². The summed E-state index contributed by atoms with van der Waals surface area (Å²) in [5.74, 6) is 1.04. The number of hydrogen-bond donors (Lipinski definition) is 1. The van der Waals surface area contributed by atoms with Crippen LogP contribution in [0.15, 0.2) is 22.7 Å². The van der Waals surface area contributed by atoms with E-state index in [1.807, 2.05) is 0 Å². The van der Waals surface area contributed by atoms with Crippen LogP contribution in [-0.2, 0) is 6.54 Å². The van der Waals surface area contributed by atoms with Crippen molar-refractivity contribution in [2.24, 2.45) is 0 Å². The van der Waals surface area contributed by atoms with Gasteiger partial charge >= 0.3 is 0 Å². The van der Waals surface area contributed by atoms with E-state index in [0.29, 0.717) is 6.10 Å². The van der Waals surface area contributed by atoms with E-state index in [2.05, 4.69) is 46.4 Å². The van der Waals surface area contributed by atoms with Gasteiger partial charge in [-0.15, -0.1) is 0 Å². The molecule has 1 saturated carbocycles. The summed E-state index contributed by atoms with van der Waals surface area (Å²) in [6.45, 7) is 3.98. The Balaban J connectivity index is 2.07. The Morgan fingerprint density at radius 1 is 1.35 bits per heavy atom. The van der Waals surface area contributed by atoms with Gasteiger partial charge in [-0.2, -0.15) is 0 Å². The van der Waals surface area contributed by atoms with Crippen molar-refractivity contribution < 1.29 is 4.74 Å². The second kappa shape index (κ2) is 6.41. The van der Waals surface area contributed by atoms with Gasteiger partial charge in [0.2, 0.25) is 0 Å². The molecule has 1 fully saturated rings. The van der Waals surface area contributed by atoms with E-state index in [9.17, 15) is 0 Å². The number of hydrogen-bond acceptors (Lipinski definition) is 2. The molecule has 1 aromatic carbocycles. The molecule has 1 aliphatic carbocycles. The van der Waals surface area contributed by atoms with E-state index >= 15 is 0 Å². The summed E-state index contributed by atoms with van der Waals surface area (Å²) in [5, 5.41) is 3.36. The molecule has 94 valence electrons. The Labute approximate surface area is 112 Å². The first-order valence-electron chi connectivity index (χ1n) is 6.45. The third-order valence-electron chi connectivity index (χ3n) is 3.18. The number of benzene rings is 1. The van der Waals surface area contributed by atoms with Crippen molar-refractivity contribution in [3.8, 4) is 5.75 Å². The second-order valence-electron chi connectivity index (χ2n) is 4.56. The molecule has 2 nitrogen and oxygen atoms in total. The molecule has 0 aromatic heterocycles. The molecule has 1 aliphatic rings. The molecule has 0 spiro atoms. The summed E-state index contributed by atoms with van der Waals surface area (Å²) in [6.07, 6.45) is 5.46. The van der Waals surface area contributed by atoms with Crippen molar-refractivity contribution in [2.75, 3.05) is 6.54 Å². The largest absolute Gasteiger partial charge is 0.490 e. The van der Waals surface area contributed by atoms with Crippen molar-refractivity contribution in [2.45, 2.75) is 45.3 Å². The summed E-state index contributed by atoms with van der Waals surface area (Å²) in [4.78, 5) is 0. The van der Waals surface area contributed by atoms with Crippen LogP contribution in [0.25, 0.3) is 0 Å². The summed E-state index contributed by atoms with van der Waals surface area (Å²) >= 11 is 3.52. The van der Waals surface area contributed by atoms with Crippen molar-refractivity contribution >= 4 is 15.9 Å². The van der Waals surface area contributed by atoms with E-state index in [4.69, 9.17) is 4.74 Å². The molecule has 17 heavy (non-hydrogen) atoms. The Morgan fingerprint density at radius 3 is 2.82 bits per heavy atom. The molecule has 0 unspecified atom stereocenters. The lowest BCUT2D eigenvalue weighted by atomic mass is 10.2. The van der Waals surface area contributed by atoms with Gasteiger partial charge in [-0.3, -0.25) is 0 Å². The highest BCUT2D eigenvalue weighted by atomic mass is 79.9. The molecule has 0 aliphatic heterocycles. The highest BCUT2D eigenvalue weighted by molar-refractivity contribution is 9.10. The number of ether oxygens (including phenoxy) is 1. The van der Waals surface area contributed by atoms with E-state index in [1.54, 1.807) is 0 Å². The number of nitrogens with one attached hydrogen (secondary N) is 1. The van der Waals surface area contributed by atoms with Crippen molar-refractivity contribution in [1.82, 2.24) is 5.32 Å². The quantitative estimate of drug-likeness (QED) is 0.890. The van der Waals surface area contributed by atoms with Crippen LogP contribution in [-0.4, -0.2) is 12.6 Å². The SMILES string of the molecule is CCNCc1cc(Br)ccc1OC1CCCC1. The minimum atomic E-state index is 0.427. The maximum absolute atomic E-state index is 6.10. The highest BCUT2D eigenvalue weighted by Crippen LogP contribution is 2.28. The fourth-order valence-electron chi connectivity index (χ4n) is 2.25. The van der Waals surface area contributed by atoms with E-state index in [0.717, 1.165) is 23.3 Å². The summed E-state index contributed by atoms with van der Waals surface area (Å²) < 4.78 is 7.21. The van der Waals surface area contributed by atoms with Gasteiger partial charge in [0.15, 0.2) is 0 Å². The minimum Gasteiger partial charge on any atom is -0.490 e. The normalized spacial score (nSPS) is 16.4. The summed E-state index contributed by atoms with van der Waals surface area (Å²) in [7, 11) is 0. The smallest absolute Gasteiger partial charge is 0.124 e. The first-order valence-corrected chi connectivity index (χ1v) is 7.24. The molecule has 0 bridgehead atoms. The third kappa shape index (κ3) is 3.71. The Bertz CT molecular complexity index is 361. The first-order chi connectivity index (χ1) is 8.29. The van der Waals surface area contributed by atoms with Crippen LogP contribution in [0, 0.1) is 0 Å². The maximum atomic E-state index is 6.10. The molecule has 1 aromatic rings. The Kier molecular flexibility index (Phi) is 4.86. The van der Waals surface area contributed by atoms with E-state index in [1.165, 1.54) is 31.2 Å². The molecule has 0 radical (unpaired) electrons. The van der Waals surface area contributed by atoms with Gasteiger partial charge in [-0.05, 0) is 50.4 Å². The second-order valence-corrected chi connectivity index (χ2v) is 5.47. The molecular weight excluding hydrogens is 278 g/mol. The van der Waals surface area contributed by atoms with Crippen LogP contribution in [0.3, 0.4) is 0 Å². The van der Waals surface area contributed by atoms with Gasteiger partial charge in [0, 0.05) is 16.6 Å². The Morgan fingerprint density at radius 2 is 2.12 bits per heavy atom. The number of rotatable bonds is 5. The van der Waals surface area contributed by atoms with Gasteiger partial charge in [-0.1, -0.05) is 22.9 Å². The number of halogens is 1. The fraction of sp³-hybridized carbons (Fsp3) is 0.571. The predicted octanol–water partition coefficient (Wildman–Crippen LogP) is 3.88. The fourth-order valence-corrected chi connectivity index (χ4v) is 2.66. The van der Waals surface area contributed by atoms with Crippen molar-refractivity contribution in [3.63, 3.8) is 0 Å². The van der Waals surface area contributed by atoms with Crippen LogP contribution in [0.5, 0.6) is 5.75 Å². The Hall–Kier alpha value is -0.540. The van der Waals surface area contributed by atoms with E-state index in [-0.39, 0.29) is 0 Å². The molecule has 2 rings (SSSR count). The summed E-state index contributed by atoms with van der Waals surface area (Å²) in [6, 6.07) is 6.28. The third-order valence-corrected chi connectivity index (χ3v) is 3.68. The van der Waals surface area contributed by atoms with E-state index < -0.39 is 0 Å². The van der Waals surface area contributed by atoms with Crippen LogP contribution in [0.1, 0.15) is 38.2 Å². The monoisotopic (exact) mass is 297 g/mol. The highest BCUT2D eigenvalue weighted by Gasteiger charge is 2.17. The first kappa shape index (κ1) is 12.9. The topological polar surface area (TPSA) is 21.3 Å². The molecule has 0 atom stereocenters. The molecular formula is C14H20BrNO. The lowest BCUT2D eigenvalue weighted by molar-refractivity contribution is 0.207. The van der Waals surface area contributed by atoms with Crippen molar-refractivity contribution in [3.05, 3.63) is 28.2 Å². The molecule has 3 heteroatoms. The predicted molar refractivity (Wildman–Crippen MR) is 74.4 cm³/mol. The van der Waals surface area contributed by atoms with Gasteiger partial charge in [-0.25, -0.2) is 0 Å². The van der Waals surface area contributed by atoms with Crippen LogP contribution >= 0.6 is 15.9 Å². The lowest BCUT2D eigenvalue weighted by Crippen LogP contribution is -2.16. The van der Waals surface area contributed by atoms with Crippen LogP contribution in [0.4, 0.5) is 0 Å².